The molecule has 20 heteroatoms. The number of ketones is 1. The monoisotopic (exact) mass is 1010 g/mol. The summed E-state index contributed by atoms with van der Waals surface area (Å²) in [6.45, 7) is 18.7. The van der Waals surface area contributed by atoms with Gasteiger partial charge in [0.2, 0.25) is 29.5 Å². The number of esters is 2. The molecule has 0 aliphatic carbocycles. The molecule has 11 atom stereocenters. The Bertz CT molecular complexity index is 2050. The minimum atomic E-state index is -1.70. The van der Waals surface area contributed by atoms with Crippen molar-refractivity contribution in [3.63, 3.8) is 0 Å². The number of hydrogen-bond acceptors (Lipinski definition) is 14. The molecule has 0 unspecified atom stereocenters. The molecule has 20 nitrogen and oxygen atoms in total. The summed E-state index contributed by atoms with van der Waals surface area (Å²) < 4.78 is 22.3. The van der Waals surface area contributed by atoms with Gasteiger partial charge in [-0.2, -0.15) is 0 Å². The lowest BCUT2D eigenvalue weighted by Gasteiger charge is -2.36. The second-order valence-corrected chi connectivity index (χ2v) is 20.5. The van der Waals surface area contributed by atoms with Crippen LogP contribution in [0.25, 0.3) is 0 Å². The summed E-state index contributed by atoms with van der Waals surface area (Å²) in [7, 11) is 4.29. The molecule has 2 aliphatic heterocycles. The molecule has 2 aliphatic rings. The summed E-state index contributed by atoms with van der Waals surface area (Å²) in [6, 6.07) is -0.868. The summed E-state index contributed by atoms with van der Waals surface area (Å²) in [4.78, 5) is 132. The van der Waals surface area contributed by atoms with Gasteiger partial charge in [0.05, 0.1) is 38.2 Å². The minimum absolute atomic E-state index is 0.0247. The number of cyclic esters (lactones) is 2. The first kappa shape index (κ1) is 60.5. The van der Waals surface area contributed by atoms with E-state index in [0.717, 1.165) is 4.90 Å². The van der Waals surface area contributed by atoms with Crippen LogP contribution in [0.2, 0.25) is 0 Å². The highest BCUT2D eigenvalue weighted by atomic mass is 16.6. The SMILES string of the molecule is CCOC(=O)N(C)[C@H](CC(C)C)C(=O)N[C@@H]1C(=O)N[C@H]([C@@H](C)CC)[C@H](O)CC(=O)O[C@H](C(C)C)C(=O)[C@H](C)C(=O)N[C@H](CC(C)C)C(=O)N2CCC[C@H]2C(=O)N(C)[C@@H](Cc2ccc(OC)cc2)C(=O)O[C@H]1C. The maximum Gasteiger partial charge on any atom is 0.410 e. The Hall–Kier alpha value is -5.79. The number of likely N-dealkylation sites (N-methyl/N-ethyl adjacent to an activating group) is 2. The number of benzene rings is 1. The fourth-order valence-electron chi connectivity index (χ4n) is 8.96. The first-order chi connectivity index (χ1) is 33.8. The number of nitrogens with one attached hydrogen (secondary N) is 3. The van der Waals surface area contributed by atoms with Crippen LogP contribution in [-0.2, 0) is 59.0 Å². The van der Waals surface area contributed by atoms with E-state index in [2.05, 4.69) is 16.0 Å². The molecule has 2 saturated heterocycles. The van der Waals surface area contributed by atoms with Crippen molar-refractivity contribution >= 4 is 53.4 Å². The standard InChI is InChI=1S/C52H82N6O14/c1-15-31(9)42-40(59)27-41(60)72-45(30(7)8)44(61)32(10)46(62)53-36(24-28(3)4)49(65)58-23-17-18-37(58)50(66)56(12)39(26-34-19-21-35(69-14)22-20-34)51(67)71-33(11)43(48(64)54-42)55-47(63)38(25-29(5)6)57(13)52(68)70-16-2/h19-22,28-33,36-40,42-43,45,59H,15-18,23-27H2,1-14H3,(H,53,62)(H,54,64)(H,55,63)/t31-,32-,33-,36+,37-,38+,39-,40+,42+,43-,45+/m0/s1. The van der Waals surface area contributed by atoms with Crippen LogP contribution in [0.5, 0.6) is 5.75 Å². The number of methoxy groups -OCH3 is 1. The maximum atomic E-state index is 14.8. The number of Topliss-reactive ketones (excluding diaryl/α,β-unsaturated/α-hetero) is 1. The zero-order chi connectivity index (χ0) is 54.3. The smallest absolute Gasteiger partial charge is 0.410 e. The van der Waals surface area contributed by atoms with E-state index in [-0.39, 0.29) is 50.7 Å². The van der Waals surface area contributed by atoms with Crippen molar-refractivity contribution in [1.82, 2.24) is 30.7 Å². The highest BCUT2D eigenvalue weighted by molar-refractivity contribution is 6.05. The Morgan fingerprint density at radius 3 is 2.10 bits per heavy atom. The quantitative estimate of drug-likeness (QED) is 0.118. The molecule has 0 spiro atoms. The number of carbonyl (C=O) groups excluding carboxylic acids is 9. The van der Waals surface area contributed by atoms with Crippen LogP contribution >= 0.6 is 0 Å². The van der Waals surface area contributed by atoms with Crippen LogP contribution in [0.4, 0.5) is 4.79 Å². The number of aliphatic hydroxyl groups excluding tert-OH is 1. The van der Waals surface area contributed by atoms with Gasteiger partial charge in [0.15, 0.2) is 11.9 Å². The van der Waals surface area contributed by atoms with Crippen LogP contribution in [0.15, 0.2) is 24.3 Å². The number of hydrogen-bond donors (Lipinski definition) is 4. The van der Waals surface area contributed by atoms with Crippen molar-refractivity contribution < 1.29 is 67.2 Å². The van der Waals surface area contributed by atoms with E-state index >= 15 is 0 Å². The lowest BCUT2D eigenvalue weighted by Crippen LogP contribution is -2.61. The number of carbonyl (C=O) groups is 9. The van der Waals surface area contributed by atoms with Crippen LogP contribution in [-0.4, -0.2) is 162 Å². The number of fused-ring (bicyclic) bond motifs is 1. The third kappa shape index (κ3) is 16.4. The van der Waals surface area contributed by atoms with Crippen LogP contribution in [0.1, 0.15) is 120 Å². The molecule has 0 radical (unpaired) electrons. The molecule has 1 aromatic carbocycles. The molecule has 1 aromatic rings. The van der Waals surface area contributed by atoms with E-state index in [4.69, 9.17) is 18.9 Å². The van der Waals surface area contributed by atoms with Gasteiger partial charge in [-0.25, -0.2) is 9.59 Å². The van der Waals surface area contributed by atoms with E-state index in [1.54, 1.807) is 58.9 Å². The summed E-state index contributed by atoms with van der Waals surface area (Å²) in [5.41, 5.74) is 0.592. The summed E-state index contributed by atoms with van der Waals surface area (Å²) in [5, 5.41) is 19.9. The van der Waals surface area contributed by atoms with Crippen molar-refractivity contribution in [3.8, 4) is 5.75 Å². The lowest BCUT2D eigenvalue weighted by molar-refractivity contribution is -0.163. The largest absolute Gasteiger partial charge is 0.497 e. The van der Waals surface area contributed by atoms with Gasteiger partial charge in [0, 0.05) is 27.1 Å². The van der Waals surface area contributed by atoms with Crippen LogP contribution in [0, 0.1) is 29.6 Å². The molecule has 4 N–H and O–H groups in total. The third-order valence-corrected chi connectivity index (χ3v) is 13.5. The van der Waals surface area contributed by atoms with Crippen LogP contribution < -0.4 is 20.7 Å². The number of nitrogens with zero attached hydrogens (tertiary/aromatic N) is 3. The Morgan fingerprint density at radius 2 is 1.54 bits per heavy atom. The van der Waals surface area contributed by atoms with Crippen molar-refractivity contribution in [2.45, 2.75) is 176 Å². The highest BCUT2D eigenvalue weighted by Crippen LogP contribution is 2.26. The van der Waals surface area contributed by atoms with Gasteiger partial charge in [0.25, 0.3) is 0 Å². The normalized spacial score (nSPS) is 26.6. The number of ether oxygens (including phenoxy) is 4. The molecule has 72 heavy (non-hydrogen) atoms. The average molecular weight is 1020 g/mol. The summed E-state index contributed by atoms with van der Waals surface area (Å²) in [6.07, 6.45) is -4.82. The Labute approximate surface area is 425 Å². The lowest BCUT2D eigenvalue weighted by atomic mass is 9.91. The van der Waals surface area contributed by atoms with Crippen molar-refractivity contribution in [2.24, 2.45) is 29.6 Å². The first-order valence-electron chi connectivity index (χ1n) is 25.4. The predicted molar refractivity (Wildman–Crippen MR) is 266 cm³/mol. The molecule has 0 saturated carbocycles. The fourth-order valence-corrected chi connectivity index (χ4v) is 8.96. The van der Waals surface area contributed by atoms with Crippen LogP contribution in [0.3, 0.4) is 0 Å². The van der Waals surface area contributed by atoms with E-state index in [0.29, 0.717) is 24.2 Å². The molecular formula is C52H82N6O14. The van der Waals surface area contributed by atoms with Gasteiger partial charge in [-0.15, -0.1) is 0 Å². The molecule has 2 heterocycles. The average Bonchev–Trinajstić information content (AvgIpc) is 3.82. The van der Waals surface area contributed by atoms with Gasteiger partial charge in [0.1, 0.15) is 42.1 Å². The predicted octanol–water partition coefficient (Wildman–Crippen LogP) is 3.57. The second kappa shape index (κ2) is 27.9. The Kier molecular flexibility index (Phi) is 23.4. The maximum absolute atomic E-state index is 14.8. The summed E-state index contributed by atoms with van der Waals surface area (Å²) in [5.74, 6) is -8.65. The topological polar surface area (TPSA) is 257 Å². The second-order valence-electron chi connectivity index (χ2n) is 20.5. The van der Waals surface area contributed by atoms with E-state index in [9.17, 15) is 48.3 Å². The van der Waals surface area contributed by atoms with Gasteiger partial charge in [-0.1, -0.05) is 73.9 Å². The first-order valence-corrected chi connectivity index (χ1v) is 25.4. The molecule has 6 amide bonds. The van der Waals surface area contributed by atoms with E-state index < -0.39 is 132 Å². The van der Waals surface area contributed by atoms with Gasteiger partial charge < -0.3 is 49.8 Å². The molecule has 0 aromatic heterocycles. The highest BCUT2D eigenvalue weighted by Gasteiger charge is 2.45. The minimum Gasteiger partial charge on any atom is -0.497 e. The van der Waals surface area contributed by atoms with Crippen molar-refractivity contribution in [2.75, 3.05) is 34.4 Å². The number of rotatable bonds is 14. The number of amides is 6. The van der Waals surface area contributed by atoms with E-state index in [1.165, 1.54) is 44.9 Å². The van der Waals surface area contributed by atoms with Crippen molar-refractivity contribution in [1.29, 1.82) is 0 Å². The third-order valence-electron chi connectivity index (χ3n) is 13.5. The van der Waals surface area contributed by atoms with E-state index in [1.807, 2.05) is 27.7 Å². The molecular weight excluding hydrogens is 933 g/mol. The zero-order valence-electron chi connectivity index (χ0n) is 44.9. The van der Waals surface area contributed by atoms with Gasteiger partial charge in [-0.3, -0.25) is 38.5 Å². The molecule has 3 rings (SSSR count). The van der Waals surface area contributed by atoms with Crippen molar-refractivity contribution in [3.05, 3.63) is 29.8 Å². The zero-order valence-corrected chi connectivity index (χ0v) is 44.9. The fraction of sp³-hybridized carbons (Fsp3) is 0.712. The molecule has 2 fully saturated rings. The number of aliphatic hydroxyl groups is 1. The van der Waals surface area contributed by atoms with Gasteiger partial charge >= 0.3 is 18.0 Å². The summed E-state index contributed by atoms with van der Waals surface area (Å²) >= 11 is 0. The Morgan fingerprint density at radius 1 is 0.903 bits per heavy atom. The molecule has 404 valence electrons. The van der Waals surface area contributed by atoms with Gasteiger partial charge in [-0.05, 0) is 87.8 Å². The Balaban J connectivity index is 2.28. The molecule has 0 bridgehead atoms.